The topological polar surface area (TPSA) is 96.4 Å². The molecule has 0 bridgehead atoms. The molecule has 1 saturated heterocycles. The number of carbonyl (C=O) groups excluding carboxylic acids is 2. The van der Waals surface area contributed by atoms with Gasteiger partial charge in [0.1, 0.15) is 21.9 Å². The van der Waals surface area contributed by atoms with Crippen LogP contribution in [0, 0.1) is 6.92 Å². The van der Waals surface area contributed by atoms with Crippen molar-refractivity contribution in [2.75, 3.05) is 38.2 Å². The number of rotatable bonds is 3. The molecule has 3 aromatic rings. The Morgan fingerprint density at radius 2 is 1.83 bits per heavy atom. The first kappa shape index (κ1) is 29.8. The predicted molar refractivity (Wildman–Crippen MR) is 149 cm³/mol. The van der Waals surface area contributed by atoms with E-state index in [1.54, 1.807) is 6.33 Å². The fourth-order valence-electron chi connectivity index (χ4n) is 4.36. The zero-order valence-corrected chi connectivity index (χ0v) is 22.9. The molecule has 196 valence electrons. The van der Waals surface area contributed by atoms with Crippen molar-refractivity contribution >= 4 is 64.1 Å². The second-order valence-corrected chi connectivity index (χ2v) is 9.44. The van der Waals surface area contributed by atoms with Gasteiger partial charge in [0.2, 0.25) is 5.91 Å². The van der Waals surface area contributed by atoms with Gasteiger partial charge in [-0.2, -0.15) is 0 Å². The number of methoxy groups -OCH3 is 1. The number of nitrogens with zero attached hydrogens (tertiary/aromatic N) is 3. The monoisotopic (exact) mass is 553 g/mol. The van der Waals surface area contributed by atoms with Crippen LogP contribution in [-0.4, -0.2) is 55.1 Å². The van der Waals surface area contributed by atoms with Crippen molar-refractivity contribution in [2.45, 2.75) is 38.6 Å². The Kier molecular flexibility index (Phi) is 11.8. The molecule has 1 aromatic carbocycles. The third-order valence-electron chi connectivity index (χ3n) is 6.14. The summed E-state index contributed by atoms with van der Waals surface area (Å²) in [5.41, 5.74) is 1.98. The van der Waals surface area contributed by atoms with Gasteiger partial charge in [-0.05, 0) is 43.9 Å². The standard InChI is InChI=1S/C25H31N5O3S.2ClH/c1-17-21-23(28-16-29-24(21)34-22(17)25(32)33-2)30-13-7-6-11-27-20(31)15-19(26-12-8-14-30)18-9-4-3-5-10-18;;/h3-5,9-10,16,19,26H,6-8,11-15H2,1-2H3,(H,27,31);2*1H. The minimum Gasteiger partial charge on any atom is -0.465 e. The number of anilines is 1. The summed E-state index contributed by atoms with van der Waals surface area (Å²) in [6.07, 6.45) is 4.69. The summed E-state index contributed by atoms with van der Waals surface area (Å²) in [5, 5.41) is 7.55. The van der Waals surface area contributed by atoms with Gasteiger partial charge in [0.25, 0.3) is 0 Å². The molecule has 11 heteroatoms. The van der Waals surface area contributed by atoms with E-state index in [4.69, 9.17) is 4.74 Å². The minimum atomic E-state index is -0.344. The third kappa shape index (κ3) is 7.06. The first-order valence-corrected chi connectivity index (χ1v) is 12.5. The van der Waals surface area contributed by atoms with E-state index in [1.807, 2.05) is 25.1 Å². The molecule has 2 N–H and O–H groups in total. The second-order valence-electron chi connectivity index (χ2n) is 8.44. The highest BCUT2D eigenvalue weighted by Crippen LogP contribution is 2.35. The summed E-state index contributed by atoms with van der Waals surface area (Å²) in [6, 6.07) is 10.1. The largest absolute Gasteiger partial charge is 0.465 e. The lowest BCUT2D eigenvalue weighted by Gasteiger charge is -2.25. The number of fused-ring (bicyclic) bond motifs is 1. The molecule has 1 fully saturated rings. The first-order chi connectivity index (χ1) is 16.6. The SMILES string of the molecule is COC(=O)c1sc2ncnc(N3CCCCNC(=O)CC(c4ccccc4)NCCC3)c2c1C.Cl.Cl. The molecule has 0 aliphatic carbocycles. The van der Waals surface area contributed by atoms with Crippen LogP contribution in [-0.2, 0) is 9.53 Å². The van der Waals surface area contributed by atoms with Crippen LogP contribution < -0.4 is 15.5 Å². The Morgan fingerprint density at radius 1 is 1.08 bits per heavy atom. The first-order valence-electron chi connectivity index (χ1n) is 11.7. The van der Waals surface area contributed by atoms with Crippen LogP contribution in [0.25, 0.3) is 10.2 Å². The number of thiophene rings is 1. The number of aromatic nitrogens is 2. The molecule has 8 nitrogen and oxygen atoms in total. The number of benzene rings is 1. The van der Waals surface area contributed by atoms with Gasteiger partial charge in [0.15, 0.2) is 0 Å². The molecule has 1 amide bonds. The molecule has 1 aliphatic heterocycles. The van der Waals surface area contributed by atoms with Crippen LogP contribution in [0.4, 0.5) is 5.82 Å². The fourth-order valence-corrected chi connectivity index (χ4v) is 5.42. The average Bonchev–Trinajstić information content (AvgIpc) is 3.21. The van der Waals surface area contributed by atoms with Crippen LogP contribution in [0.5, 0.6) is 0 Å². The van der Waals surface area contributed by atoms with Gasteiger partial charge >= 0.3 is 5.97 Å². The number of halogens is 2. The van der Waals surface area contributed by atoms with Gasteiger partial charge in [0, 0.05) is 32.1 Å². The van der Waals surface area contributed by atoms with Gasteiger partial charge in [0.05, 0.1) is 12.5 Å². The Balaban J connectivity index is 0.00000228. The maximum absolute atomic E-state index is 12.5. The Labute approximate surface area is 228 Å². The predicted octanol–water partition coefficient (Wildman–Crippen LogP) is 4.46. The van der Waals surface area contributed by atoms with Gasteiger partial charge in [-0.1, -0.05) is 30.3 Å². The van der Waals surface area contributed by atoms with Gasteiger partial charge in [-0.25, -0.2) is 14.8 Å². The summed E-state index contributed by atoms with van der Waals surface area (Å²) >= 11 is 1.35. The smallest absolute Gasteiger partial charge is 0.348 e. The lowest BCUT2D eigenvalue weighted by atomic mass is 10.0. The van der Waals surface area contributed by atoms with Gasteiger partial charge < -0.3 is 20.3 Å². The summed E-state index contributed by atoms with van der Waals surface area (Å²) in [7, 11) is 1.39. The van der Waals surface area contributed by atoms with E-state index < -0.39 is 0 Å². The zero-order chi connectivity index (χ0) is 23.9. The number of nitrogens with one attached hydrogen (secondary N) is 2. The molecule has 2 aromatic heterocycles. The molecular weight excluding hydrogens is 521 g/mol. The van der Waals surface area contributed by atoms with E-state index in [9.17, 15) is 9.59 Å². The summed E-state index contributed by atoms with van der Waals surface area (Å²) in [4.78, 5) is 37.4. The van der Waals surface area contributed by atoms with E-state index in [0.717, 1.165) is 66.1 Å². The summed E-state index contributed by atoms with van der Waals surface area (Å²) < 4.78 is 4.96. The number of aryl methyl sites for hydroxylation is 1. The summed E-state index contributed by atoms with van der Waals surface area (Å²) in [6.45, 7) is 4.98. The molecule has 1 aliphatic rings. The molecule has 4 rings (SSSR count). The van der Waals surface area contributed by atoms with Crippen molar-refractivity contribution in [3.8, 4) is 0 Å². The van der Waals surface area contributed by atoms with E-state index in [-0.39, 0.29) is 42.7 Å². The Bertz CT molecular complexity index is 1150. The molecule has 3 heterocycles. The van der Waals surface area contributed by atoms with Gasteiger partial charge in [-0.15, -0.1) is 36.2 Å². The number of carbonyl (C=O) groups is 2. The molecule has 0 saturated carbocycles. The number of esters is 1. The number of amides is 1. The average molecular weight is 555 g/mol. The van der Waals surface area contributed by atoms with Crippen molar-refractivity contribution in [3.63, 3.8) is 0 Å². The maximum atomic E-state index is 12.5. The highest BCUT2D eigenvalue weighted by Gasteiger charge is 2.23. The van der Waals surface area contributed by atoms with Crippen LogP contribution in [0.1, 0.15) is 52.5 Å². The van der Waals surface area contributed by atoms with Crippen molar-refractivity contribution in [1.29, 1.82) is 0 Å². The Hall–Kier alpha value is -2.46. The Morgan fingerprint density at radius 3 is 2.58 bits per heavy atom. The van der Waals surface area contributed by atoms with E-state index in [0.29, 0.717) is 17.8 Å². The van der Waals surface area contributed by atoms with E-state index >= 15 is 0 Å². The van der Waals surface area contributed by atoms with Crippen molar-refractivity contribution < 1.29 is 14.3 Å². The number of ether oxygens (including phenoxy) is 1. The highest BCUT2D eigenvalue weighted by molar-refractivity contribution is 7.20. The van der Waals surface area contributed by atoms with E-state index in [1.165, 1.54) is 18.4 Å². The molecular formula is C25H33Cl2N5O3S. The van der Waals surface area contributed by atoms with Crippen LogP contribution in [0.2, 0.25) is 0 Å². The quantitative estimate of drug-likeness (QED) is 0.462. The van der Waals surface area contributed by atoms with Crippen molar-refractivity contribution in [1.82, 2.24) is 20.6 Å². The molecule has 36 heavy (non-hydrogen) atoms. The second kappa shape index (κ2) is 14.3. The van der Waals surface area contributed by atoms with E-state index in [2.05, 4.69) is 37.6 Å². The van der Waals surface area contributed by atoms with Crippen LogP contribution >= 0.6 is 36.2 Å². The highest BCUT2D eigenvalue weighted by atomic mass is 35.5. The van der Waals surface area contributed by atoms with Crippen molar-refractivity contribution in [3.05, 3.63) is 52.7 Å². The van der Waals surface area contributed by atoms with Crippen molar-refractivity contribution in [2.24, 2.45) is 0 Å². The number of hydrogen-bond donors (Lipinski definition) is 2. The third-order valence-corrected chi connectivity index (χ3v) is 7.32. The normalized spacial score (nSPS) is 17.4. The lowest BCUT2D eigenvalue weighted by Crippen LogP contribution is -2.32. The molecule has 0 radical (unpaired) electrons. The number of hydrogen-bond acceptors (Lipinski definition) is 8. The maximum Gasteiger partial charge on any atom is 0.348 e. The molecule has 1 unspecified atom stereocenters. The van der Waals surface area contributed by atoms with Crippen LogP contribution in [0.3, 0.4) is 0 Å². The summed E-state index contributed by atoms with van der Waals surface area (Å²) in [5.74, 6) is 0.579. The fraction of sp³-hybridized carbons (Fsp3) is 0.440. The van der Waals surface area contributed by atoms with Crippen LogP contribution in [0.15, 0.2) is 36.7 Å². The molecule has 1 atom stereocenters. The minimum absolute atomic E-state index is 0. The van der Waals surface area contributed by atoms with Gasteiger partial charge in [-0.3, -0.25) is 4.79 Å². The molecule has 0 spiro atoms. The zero-order valence-electron chi connectivity index (χ0n) is 20.5. The lowest BCUT2D eigenvalue weighted by molar-refractivity contribution is -0.121.